The highest BCUT2D eigenvalue weighted by atomic mass is 32.2. The largest absolute Gasteiger partial charge is 0.392 e. The molecule has 0 heterocycles. The van der Waals surface area contributed by atoms with E-state index >= 15 is 0 Å². The first-order chi connectivity index (χ1) is 5.79. The summed E-state index contributed by atoms with van der Waals surface area (Å²) < 4.78 is 0.892. The molecule has 0 unspecified atom stereocenters. The third-order valence-electron chi connectivity index (χ3n) is 2.55. The molecule has 1 N–H and O–H groups in total. The standard InChI is InChI=1S/C10H20OS2/c1-7(10(2,3)4)8(11)6-9(12)13-5/h7-8,11H,6H2,1-5H3/t7-,8+/m0/s1. The van der Waals surface area contributed by atoms with Gasteiger partial charge in [-0.3, -0.25) is 0 Å². The summed E-state index contributed by atoms with van der Waals surface area (Å²) in [5.41, 5.74) is 0.146. The molecule has 13 heavy (non-hydrogen) atoms. The Labute approximate surface area is 91.3 Å². The average Bonchev–Trinajstić information content (AvgIpc) is 2.01. The van der Waals surface area contributed by atoms with E-state index in [1.807, 2.05) is 6.26 Å². The molecular formula is C10H20OS2. The summed E-state index contributed by atoms with van der Waals surface area (Å²) in [5, 5.41) is 9.85. The number of hydrogen-bond donors (Lipinski definition) is 1. The highest BCUT2D eigenvalue weighted by molar-refractivity contribution is 8.22. The SMILES string of the molecule is CSC(=S)C[C@@H](O)[C@H](C)C(C)(C)C. The van der Waals surface area contributed by atoms with E-state index < -0.39 is 0 Å². The van der Waals surface area contributed by atoms with Crippen molar-refractivity contribution in [1.82, 2.24) is 0 Å². The molecule has 0 fully saturated rings. The Kier molecular flexibility index (Phi) is 5.49. The lowest BCUT2D eigenvalue weighted by Gasteiger charge is -2.31. The van der Waals surface area contributed by atoms with E-state index in [0.717, 1.165) is 4.20 Å². The number of thiocarbonyl (C=S) groups is 1. The normalized spacial score (nSPS) is 16.8. The summed E-state index contributed by atoms with van der Waals surface area (Å²) in [4.78, 5) is 0. The van der Waals surface area contributed by atoms with Crippen molar-refractivity contribution in [2.45, 2.75) is 40.2 Å². The van der Waals surface area contributed by atoms with Gasteiger partial charge in [-0.05, 0) is 17.6 Å². The number of hydrogen-bond acceptors (Lipinski definition) is 3. The highest BCUT2D eigenvalue weighted by Crippen LogP contribution is 2.30. The first-order valence-electron chi connectivity index (χ1n) is 4.54. The zero-order valence-electron chi connectivity index (χ0n) is 9.13. The minimum atomic E-state index is -0.306. The molecule has 0 aliphatic carbocycles. The average molecular weight is 220 g/mol. The molecule has 0 saturated carbocycles. The van der Waals surface area contributed by atoms with E-state index in [0.29, 0.717) is 6.42 Å². The van der Waals surface area contributed by atoms with Gasteiger partial charge < -0.3 is 5.11 Å². The van der Waals surface area contributed by atoms with E-state index in [4.69, 9.17) is 12.2 Å². The Hall–Kier alpha value is 0.400. The van der Waals surface area contributed by atoms with Crippen LogP contribution in [0.4, 0.5) is 0 Å². The molecule has 0 bridgehead atoms. The highest BCUT2D eigenvalue weighted by Gasteiger charge is 2.27. The van der Waals surface area contributed by atoms with Crippen molar-refractivity contribution in [3.63, 3.8) is 0 Å². The van der Waals surface area contributed by atoms with Gasteiger partial charge in [-0.15, -0.1) is 11.8 Å². The minimum Gasteiger partial charge on any atom is -0.392 e. The van der Waals surface area contributed by atoms with Crippen molar-refractivity contribution in [1.29, 1.82) is 0 Å². The lowest BCUT2D eigenvalue weighted by molar-refractivity contribution is 0.0606. The molecule has 0 spiro atoms. The van der Waals surface area contributed by atoms with Gasteiger partial charge in [-0.25, -0.2) is 0 Å². The van der Waals surface area contributed by atoms with Crippen molar-refractivity contribution in [3.05, 3.63) is 0 Å². The van der Waals surface area contributed by atoms with Crippen LogP contribution in [0.15, 0.2) is 0 Å². The Morgan fingerprint density at radius 3 is 2.23 bits per heavy atom. The van der Waals surface area contributed by atoms with Crippen LogP contribution >= 0.6 is 24.0 Å². The van der Waals surface area contributed by atoms with Crippen molar-refractivity contribution < 1.29 is 5.11 Å². The molecule has 1 nitrogen and oxygen atoms in total. The first-order valence-corrected chi connectivity index (χ1v) is 6.17. The van der Waals surface area contributed by atoms with Crippen molar-refractivity contribution in [2.75, 3.05) is 6.26 Å². The molecule has 0 aromatic carbocycles. The minimum absolute atomic E-state index is 0.146. The Morgan fingerprint density at radius 1 is 1.46 bits per heavy atom. The van der Waals surface area contributed by atoms with Gasteiger partial charge in [0.15, 0.2) is 0 Å². The molecule has 0 aromatic heterocycles. The van der Waals surface area contributed by atoms with Crippen LogP contribution in [0.2, 0.25) is 0 Å². The fourth-order valence-corrected chi connectivity index (χ4v) is 1.52. The van der Waals surface area contributed by atoms with Gasteiger partial charge in [0, 0.05) is 6.42 Å². The summed E-state index contributed by atoms with van der Waals surface area (Å²) in [6, 6.07) is 0. The molecule has 0 amide bonds. The van der Waals surface area contributed by atoms with Gasteiger partial charge in [0.2, 0.25) is 0 Å². The van der Waals surface area contributed by atoms with E-state index in [9.17, 15) is 5.11 Å². The first kappa shape index (κ1) is 13.4. The lowest BCUT2D eigenvalue weighted by Crippen LogP contribution is -2.30. The predicted molar refractivity (Wildman–Crippen MR) is 65.4 cm³/mol. The maximum Gasteiger partial charge on any atom is 0.0624 e. The third-order valence-corrected chi connectivity index (χ3v) is 3.84. The van der Waals surface area contributed by atoms with Crippen molar-refractivity contribution >= 4 is 28.2 Å². The lowest BCUT2D eigenvalue weighted by atomic mass is 9.78. The van der Waals surface area contributed by atoms with Crippen LogP contribution in [-0.4, -0.2) is 21.7 Å². The van der Waals surface area contributed by atoms with Gasteiger partial charge in [0.25, 0.3) is 0 Å². The topological polar surface area (TPSA) is 20.2 Å². The number of rotatable bonds is 3. The number of aliphatic hydroxyl groups is 1. The van der Waals surface area contributed by atoms with Gasteiger partial charge in [-0.2, -0.15) is 0 Å². The zero-order chi connectivity index (χ0) is 10.6. The molecule has 0 aliphatic rings. The maximum absolute atomic E-state index is 9.85. The molecule has 2 atom stereocenters. The fourth-order valence-electron chi connectivity index (χ4n) is 1.01. The maximum atomic E-state index is 9.85. The van der Waals surface area contributed by atoms with Gasteiger partial charge in [-0.1, -0.05) is 39.9 Å². The zero-order valence-corrected chi connectivity index (χ0v) is 10.8. The van der Waals surface area contributed by atoms with Crippen LogP contribution in [-0.2, 0) is 0 Å². The van der Waals surface area contributed by atoms with Crippen LogP contribution in [0.3, 0.4) is 0 Å². The van der Waals surface area contributed by atoms with Crippen LogP contribution in [0.1, 0.15) is 34.1 Å². The van der Waals surface area contributed by atoms with E-state index in [2.05, 4.69) is 27.7 Å². The Morgan fingerprint density at radius 2 is 1.92 bits per heavy atom. The molecule has 0 aliphatic heterocycles. The number of thioether (sulfide) groups is 1. The molecule has 0 saturated heterocycles. The molecule has 3 heteroatoms. The monoisotopic (exact) mass is 220 g/mol. The van der Waals surface area contributed by atoms with Crippen LogP contribution in [0, 0.1) is 11.3 Å². The van der Waals surface area contributed by atoms with Crippen LogP contribution in [0.5, 0.6) is 0 Å². The smallest absolute Gasteiger partial charge is 0.0624 e. The summed E-state index contributed by atoms with van der Waals surface area (Å²) in [7, 11) is 0. The summed E-state index contributed by atoms with van der Waals surface area (Å²) >= 11 is 6.63. The molecule has 0 radical (unpaired) electrons. The third kappa shape index (κ3) is 4.99. The summed E-state index contributed by atoms with van der Waals surface area (Å²) in [6.07, 6.45) is 2.28. The van der Waals surface area contributed by atoms with Gasteiger partial charge in [0.05, 0.1) is 10.3 Å². The Bertz CT molecular complexity index is 172. The van der Waals surface area contributed by atoms with Gasteiger partial charge >= 0.3 is 0 Å². The molecular weight excluding hydrogens is 200 g/mol. The van der Waals surface area contributed by atoms with Crippen molar-refractivity contribution in [3.8, 4) is 0 Å². The molecule has 0 rings (SSSR count). The second-order valence-corrected chi connectivity index (χ2v) is 6.15. The second-order valence-electron chi connectivity index (χ2n) is 4.50. The summed E-state index contributed by atoms with van der Waals surface area (Å²) in [5.74, 6) is 0.276. The van der Waals surface area contributed by atoms with E-state index in [1.165, 1.54) is 0 Å². The van der Waals surface area contributed by atoms with E-state index in [-0.39, 0.29) is 17.4 Å². The molecule has 0 aromatic rings. The number of aliphatic hydroxyl groups excluding tert-OH is 1. The predicted octanol–water partition coefficient (Wildman–Crippen LogP) is 3.11. The fraction of sp³-hybridized carbons (Fsp3) is 0.900. The van der Waals surface area contributed by atoms with Crippen LogP contribution in [0.25, 0.3) is 0 Å². The Balaban J connectivity index is 4.11. The van der Waals surface area contributed by atoms with Crippen LogP contribution < -0.4 is 0 Å². The second kappa shape index (κ2) is 5.32. The van der Waals surface area contributed by atoms with Gasteiger partial charge in [0.1, 0.15) is 0 Å². The van der Waals surface area contributed by atoms with Crippen molar-refractivity contribution in [2.24, 2.45) is 11.3 Å². The quantitative estimate of drug-likeness (QED) is 0.738. The summed E-state index contributed by atoms with van der Waals surface area (Å²) in [6.45, 7) is 8.50. The van der Waals surface area contributed by atoms with E-state index in [1.54, 1.807) is 11.8 Å². The molecule has 78 valence electrons.